The highest BCUT2D eigenvalue weighted by atomic mass is 15.2. The molecule has 2 aliphatic rings. The fourth-order valence-corrected chi connectivity index (χ4v) is 3.36. The number of hydrogen-bond acceptors (Lipinski definition) is 2. The first-order chi connectivity index (χ1) is 7.90. The largest absolute Gasteiger partial charge is 0.315 e. The van der Waals surface area contributed by atoms with Crippen LogP contribution in [0.15, 0.2) is 0 Å². The molecular formula is C14H28N2. The second kappa shape index (κ2) is 6.61. The Kier molecular flexibility index (Phi) is 5.11. The molecule has 0 bridgehead atoms. The summed E-state index contributed by atoms with van der Waals surface area (Å²) in [7, 11) is 0. The first-order valence-corrected chi connectivity index (χ1v) is 7.35. The summed E-state index contributed by atoms with van der Waals surface area (Å²) in [5.74, 6) is 1.02. The molecule has 1 N–H and O–H groups in total. The predicted molar refractivity (Wildman–Crippen MR) is 69.7 cm³/mol. The second-order valence-corrected chi connectivity index (χ2v) is 5.58. The van der Waals surface area contributed by atoms with E-state index in [1.807, 2.05) is 0 Å². The minimum atomic E-state index is 0.899. The molecule has 0 aromatic rings. The van der Waals surface area contributed by atoms with Gasteiger partial charge in [0.15, 0.2) is 0 Å². The zero-order chi connectivity index (χ0) is 11.2. The molecule has 1 heterocycles. The lowest BCUT2D eigenvalue weighted by atomic mass is 9.97. The van der Waals surface area contributed by atoms with Gasteiger partial charge in [-0.1, -0.05) is 26.2 Å². The fraction of sp³-hybridized carbons (Fsp3) is 1.00. The van der Waals surface area contributed by atoms with Crippen LogP contribution in [-0.2, 0) is 0 Å². The topological polar surface area (TPSA) is 15.3 Å². The summed E-state index contributed by atoms with van der Waals surface area (Å²) in [5.41, 5.74) is 0. The van der Waals surface area contributed by atoms with Gasteiger partial charge in [0.2, 0.25) is 0 Å². The smallest absolute Gasteiger partial charge is 0.0110 e. The van der Waals surface area contributed by atoms with E-state index in [0.717, 1.165) is 12.0 Å². The maximum absolute atomic E-state index is 3.51. The van der Waals surface area contributed by atoms with E-state index in [0.29, 0.717) is 0 Å². The standard InChI is InChI=1S/C14H28N2/c1-2-13-5-3-6-14(8-7-13)16-11-4-9-15-10-12-16/h13-15H,2-12H2,1H3. The highest BCUT2D eigenvalue weighted by molar-refractivity contribution is 4.79. The van der Waals surface area contributed by atoms with Crippen molar-refractivity contribution in [3.05, 3.63) is 0 Å². The van der Waals surface area contributed by atoms with Gasteiger partial charge < -0.3 is 5.32 Å². The average Bonchev–Trinajstić information content (AvgIpc) is 2.71. The molecular weight excluding hydrogens is 196 g/mol. The zero-order valence-corrected chi connectivity index (χ0v) is 10.9. The molecule has 2 heteroatoms. The molecule has 1 aliphatic heterocycles. The van der Waals surface area contributed by atoms with Gasteiger partial charge in [0.25, 0.3) is 0 Å². The van der Waals surface area contributed by atoms with E-state index < -0.39 is 0 Å². The number of rotatable bonds is 2. The van der Waals surface area contributed by atoms with Crippen LogP contribution in [0.2, 0.25) is 0 Å². The Labute approximate surface area is 101 Å². The average molecular weight is 224 g/mol. The highest BCUT2D eigenvalue weighted by Gasteiger charge is 2.23. The van der Waals surface area contributed by atoms with E-state index in [1.165, 1.54) is 71.1 Å². The van der Waals surface area contributed by atoms with Gasteiger partial charge in [-0.3, -0.25) is 4.90 Å². The summed E-state index contributed by atoms with van der Waals surface area (Å²) in [6.07, 6.45) is 10.1. The SMILES string of the molecule is CCC1CCCC(N2CCCNCC2)CC1. The molecule has 2 unspecified atom stereocenters. The maximum atomic E-state index is 3.51. The molecule has 0 radical (unpaired) electrons. The van der Waals surface area contributed by atoms with Gasteiger partial charge in [-0.05, 0) is 44.7 Å². The Morgan fingerprint density at radius 2 is 1.94 bits per heavy atom. The predicted octanol–water partition coefficient (Wildman–Crippen LogP) is 2.64. The van der Waals surface area contributed by atoms with Crippen LogP contribution in [0, 0.1) is 5.92 Å². The molecule has 94 valence electrons. The minimum Gasteiger partial charge on any atom is -0.315 e. The van der Waals surface area contributed by atoms with Crippen LogP contribution in [0.25, 0.3) is 0 Å². The van der Waals surface area contributed by atoms with E-state index in [4.69, 9.17) is 0 Å². The van der Waals surface area contributed by atoms with Crippen LogP contribution in [0.3, 0.4) is 0 Å². The molecule has 2 atom stereocenters. The zero-order valence-electron chi connectivity index (χ0n) is 10.9. The van der Waals surface area contributed by atoms with Crippen molar-refractivity contribution in [2.24, 2.45) is 5.92 Å². The molecule has 0 aromatic carbocycles. The number of nitrogens with zero attached hydrogens (tertiary/aromatic N) is 1. The molecule has 0 spiro atoms. The van der Waals surface area contributed by atoms with Crippen molar-refractivity contribution in [3.63, 3.8) is 0 Å². The third kappa shape index (κ3) is 3.46. The minimum absolute atomic E-state index is 0.899. The molecule has 2 fully saturated rings. The Morgan fingerprint density at radius 1 is 1.00 bits per heavy atom. The van der Waals surface area contributed by atoms with E-state index in [1.54, 1.807) is 0 Å². The van der Waals surface area contributed by atoms with Crippen molar-refractivity contribution in [1.29, 1.82) is 0 Å². The number of hydrogen-bond donors (Lipinski definition) is 1. The Hall–Kier alpha value is -0.0800. The van der Waals surface area contributed by atoms with Crippen LogP contribution in [0.4, 0.5) is 0 Å². The van der Waals surface area contributed by atoms with Gasteiger partial charge in [0, 0.05) is 19.1 Å². The summed E-state index contributed by atoms with van der Waals surface area (Å²) in [5, 5.41) is 3.51. The Balaban J connectivity index is 1.83. The highest BCUT2D eigenvalue weighted by Crippen LogP contribution is 2.28. The van der Waals surface area contributed by atoms with Gasteiger partial charge in [0.05, 0.1) is 0 Å². The lowest BCUT2D eigenvalue weighted by Gasteiger charge is -2.29. The quantitative estimate of drug-likeness (QED) is 0.725. The van der Waals surface area contributed by atoms with Crippen molar-refractivity contribution in [2.75, 3.05) is 26.2 Å². The van der Waals surface area contributed by atoms with Gasteiger partial charge in [0.1, 0.15) is 0 Å². The molecule has 2 rings (SSSR count). The summed E-state index contributed by atoms with van der Waals surface area (Å²) >= 11 is 0. The monoisotopic (exact) mass is 224 g/mol. The Bertz CT molecular complexity index is 185. The van der Waals surface area contributed by atoms with E-state index in [2.05, 4.69) is 17.1 Å². The van der Waals surface area contributed by atoms with Crippen LogP contribution in [0.5, 0.6) is 0 Å². The normalized spacial score (nSPS) is 34.3. The van der Waals surface area contributed by atoms with E-state index in [9.17, 15) is 0 Å². The molecule has 1 saturated heterocycles. The summed E-state index contributed by atoms with van der Waals surface area (Å²) in [4.78, 5) is 2.76. The molecule has 1 aliphatic carbocycles. The number of nitrogens with one attached hydrogen (secondary N) is 1. The lowest BCUT2D eigenvalue weighted by Crippen LogP contribution is -2.37. The van der Waals surface area contributed by atoms with Crippen LogP contribution < -0.4 is 5.32 Å². The van der Waals surface area contributed by atoms with Crippen molar-refractivity contribution in [2.45, 2.75) is 57.9 Å². The molecule has 1 saturated carbocycles. The van der Waals surface area contributed by atoms with Gasteiger partial charge >= 0.3 is 0 Å². The van der Waals surface area contributed by atoms with Crippen molar-refractivity contribution in [3.8, 4) is 0 Å². The fourth-order valence-electron chi connectivity index (χ4n) is 3.36. The molecule has 2 nitrogen and oxygen atoms in total. The molecule has 0 amide bonds. The van der Waals surface area contributed by atoms with Crippen LogP contribution in [0.1, 0.15) is 51.9 Å². The summed E-state index contributed by atoms with van der Waals surface area (Å²) in [6.45, 7) is 7.39. The summed E-state index contributed by atoms with van der Waals surface area (Å²) in [6, 6.07) is 0.899. The second-order valence-electron chi connectivity index (χ2n) is 5.58. The van der Waals surface area contributed by atoms with Crippen molar-refractivity contribution in [1.82, 2.24) is 10.2 Å². The van der Waals surface area contributed by atoms with E-state index in [-0.39, 0.29) is 0 Å². The first kappa shape index (κ1) is 12.4. The molecule has 0 aromatic heterocycles. The maximum Gasteiger partial charge on any atom is 0.0110 e. The van der Waals surface area contributed by atoms with Gasteiger partial charge in [-0.15, -0.1) is 0 Å². The van der Waals surface area contributed by atoms with Crippen LogP contribution >= 0.6 is 0 Å². The molecule has 16 heavy (non-hydrogen) atoms. The van der Waals surface area contributed by atoms with E-state index >= 15 is 0 Å². The lowest BCUT2D eigenvalue weighted by molar-refractivity contribution is 0.189. The van der Waals surface area contributed by atoms with Crippen molar-refractivity contribution < 1.29 is 0 Å². The van der Waals surface area contributed by atoms with Gasteiger partial charge in [-0.2, -0.15) is 0 Å². The van der Waals surface area contributed by atoms with Crippen molar-refractivity contribution >= 4 is 0 Å². The third-order valence-electron chi connectivity index (χ3n) is 4.53. The first-order valence-electron chi connectivity index (χ1n) is 7.35. The summed E-state index contributed by atoms with van der Waals surface area (Å²) < 4.78 is 0. The van der Waals surface area contributed by atoms with Crippen LogP contribution in [-0.4, -0.2) is 37.1 Å². The Morgan fingerprint density at radius 3 is 2.81 bits per heavy atom. The third-order valence-corrected chi connectivity index (χ3v) is 4.53. The van der Waals surface area contributed by atoms with Gasteiger partial charge in [-0.25, -0.2) is 0 Å².